The van der Waals surface area contributed by atoms with E-state index < -0.39 is 23.7 Å². The highest BCUT2D eigenvalue weighted by Gasteiger charge is 2.36. The van der Waals surface area contributed by atoms with Gasteiger partial charge in [-0.3, -0.25) is 14.5 Å². The molecule has 31 heavy (non-hydrogen) atoms. The van der Waals surface area contributed by atoms with Gasteiger partial charge in [0, 0.05) is 31.9 Å². The van der Waals surface area contributed by atoms with E-state index in [2.05, 4.69) is 5.32 Å². The van der Waals surface area contributed by atoms with Crippen LogP contribution in [0.4, 0.5) is 18.9 Å². The van der Waals surface area contributed by atoms with Crippen molar-refractivity contribution in [3.8, 4) is 5.75 Å². The SMILES string of the molecule is COc1ccc(NC(=O)C(C)N2CCN(C(=O)c3ccccc3C(F)(F)F)CC2)cc1. The van der Waals surface area contributed by atoms with Gasteiger partial charge in [-0.1, -0.05) is 12.1 Å². The third-order valence-electron chi connectivity index (χ3n) is 5.35. The molecule has 2 aromatic carbocycles. The van der Waals surface area contributed by atoms with Crippen LogP contribution in [0.1, 0.15) is 22.8 Å². The lowest BCUT2D eigenvalue weighted by atomic mass is 10.1. The number of anilines is 1. The summed E-state index contributed by atoms with van der Waals surface area (Å²) in [6, 6.07) is 11.3. The molecule has 2 amide bonds. The first kappa shape index (κ1) is 22.6. The van der Waals surface area contributed by atoms with Crippen LogP contribution in [-0.2, 0) is 11.0 Å². The molecule has 0 radical (unpaired) electrons. The molecule has 1 unspecified atom stereocenters. The maximum Gasteiger partial charge on any atom is 0.417 e. The van der Waals surface area contributed by atoms with Gasteiger partial charge in [-0.15, -0.1) is 0 Å². The molecule has 0 aromatic heterocycles. The lowest BCUT2D eigenvalue weighted by Crippen LogP contribution is -2.54. The van der Waals surface area contributed by atoms with E-state index in [4.69, 9.17) is 4.74 Å². The first-order valence-electron chi connectivity index (χ1n) is 9.85. The normalized spacial score (nSPS) is 16.0. The van der Waals surface area contributed by atoms with Gasteiger partial charge >= 0.3 is 6.18 Å². The third-order valence-corrected chi connectivity index (χ3v) is 5.35. The standard InChI is InChI=1S/C22H24F3N3O3/c1-15(20(29)26-16-7-9-17(31-2)10-8-16)27-11-13-28(14-12-27)21(30)18-5-3-4-6-19(18)22(23,24)25/h3-10,15H,11-14H2,1-2H3,(H,26,29). The Kier molecular flexibility index (Phi) is 6.84. The number of carbonyl (C=O) groups excluding carboxylic acids is 2. The number of rotatable bonds is 5. The Morgan fingerprint density at radius 2 is 1.61 bits per heavy atom. The van der Waals surface area contributed by atoms with Gasteiger partial charge in [0.2, 0.25) is 5.91 Å². The Labute approximate surface area is 178 Å². The van der Waals surface area contributed by atoms with E-state index in [0.717, 1.165) is 6.07 Å². The number of nitrogens with zero attached hydrogens (tertiary/aromatic N) is 2. The highest BCUT2D eigenvalue weighted by molar-refractivity contribution is 5.96. The maximum absolute atomic E-state index is 13.2. The van der Waals surface area contributed by atoms with E-state index in [1.807, 2.05) is 4.90 Å². The van der Waals surface area contributed by atoms with E-state index in [1.54, 1.807) is 38.3 Å². The van der Waals surface area contributed by atoms with E-state index in [9.17, 15) is 22.8 Å². The summed E-state index contributed by atoms with van der Waals surface area (Å²) in [6.07, 6.45) is -4.60. The second-order valence-corrected chi connectivity index (χ2v) is 7.27. The van der Waals surface area contributed by atoms with Crippen LogP contribution >= 0.6 is 0 Å². The Hall–Kier alpha value is -3.07. The van der Waals surface area contributed by atoms with Crippen molar-refractivity contribution >= 4 is 17.5 Å². The van der Waals surface area contributed by atoms with Gasteiger partial charge in [0.15, 0.2) is 0 Å². The van der Waals surface area contributed by atoms with Crippen molar-refractivity contribution in [2.75, 3.05) is 38.6 Å². The fraction of sp³-hybridized carbons (Fsp3) is 0.364. The van der Waals surface area contributed by atoms with Crippen molar-refractivity contribution in [1.29, 1.82) is 0 Å². The second kappa shape index (κ2) is 9.38. The molecule has 166 valence electrons. The first-order chi connectivity index (χ1) is 14.7. The summed E-state index contributed by atoms with van der Waals surface area (Å²) in [7, 11) is 1.56. The number of alkyl halides is 3. The minimum Gasteiger partial charge on any atom is -0.497 e. The van der Waals surface area contributed by atoms with Gasteiger partial charge in [0.1, 0.15) is 5.75 Å². The molecule has 1 aliphatic rings. The van der Waals surface area contributed by atoms with Gasteiger partial charge in [-0.05, 0) is 43.3 Å². The molecular weight excluding hydrogens is 411 g/mol. The summed E-state index contributed by atoms with van der Waals surface area (Å²) >= 11 is 0. The average molecular weight is 435 g/mol. The number of piperazine rings is 1. The number of hydrogen-bond donors (Lipinski definition) is 1. The highest BCUT2D eigenvalue weighted by Crippen LogP contribution is 2.32. The summed E-state index contributed by atoms with van der Waals surface area (Å²) in [6.45, 7) is 3.01. The summed E-state index contributed by atoms with van der Waals surface area (Å²) in [5, 5.41) is 2.83. The van der Waals surface area contributed by atoms with Crippen molar-refractivity contribution in [2.24, 2.45) is 0 Å². The number of amides is 2. The topological polar surface area (TPSA) is 61.9 Å². The molecule has 1 aliphatic heterocycles. The van der Waals surface area contributed by atoms with Crippen LogP contribution in [0.2, 0.25) is 0 Å². The summed E-state index contributed by atoms with van der Waals surface area (Å²) < 4.78 is 44.8. The lowest BCUT2D eigenvalue weighted by molar-refractivity contribution is -0.138. The molecule has 1 fully saturated rings. The van der Waals surface area contributed by atoms with E-state index in [-0.39, 0.29) is 24.6 Å². The quantitative estimate of drug-likeness (QED) is 0.781. The Balaban J connectivity index is 1.58. The molecule has 2 aromatic rings. The van der Waals surface area contributed by atoms with Crippen LogP contribution < -0.4 is 10.1 Å². The van der Waals surface area contributed by atoms with Gasteiger partial charge in [0.05, 0.1) is 24.3 Å². The maximum atomic E-state index is 13.2. The highest BCUT2D eigenvalue weighted by atomic mass is 19.4. The summed E-state index contributed by atoms with van der Waals surface area (Å²) in [4.78, 5) is 28.6. The molecule has 6 nitrogen and oxygen atoms in total. The minimum absolute atomic E-state index is 0.202. The number of methoxy groups -OCH3 is 1. The van der Waals surface area contributed by atoms with Crippen molar-refractivity contribution in [3.05, 3.63) is 59.7 Å². The number of benzene rings is 2. The Morgan fingerprint density at radius 3 is 2.19 bits per heavy atom. The van der Waals surface area contributed by atoms with Crippen LogP contribution in [-0.4, -0.2) is 60.9 Å². The van der Waals surface area contributed by atoms with Crippen LogP contribution in [0.3, 0.4) is 0 Å². The molecular formula is C22H24F3N3O3. The smallest absolute Gasteiger partial charge is 0.417 e. The van der Waals surface area contributed by atoms with Gasteiger partial charge in [-0.2, -0.15) is 13.2 Å². The monoisotopic (exact) mass is 435 g/mol. The largest absolute Gasteiger partial charge is 0.497 e. The first-order valence-corrected chi connectivity index (χ1v) is 9.85. The zero-order chi connectivity index (χ0) is 22.6. The zero-order valence-corrected chi connectivity index (χ0v) is 17.3. The third kappa shape index (κ3) is 5.35. The molecule has 0 saturated carbocycles. The number of halogens is 3. The number of hydrogen-bond acceptors (Lipinski definition) is 4. The molecule has 3 rings (SSSR count). The van der Waals surface area contributed by atoms with Crippen LogP contribution in [0.15, 0.2) is 48.5 Å². The predicted octanol–water partition coefficient (Wildman–Crippen LogP) is 3.50. The summed E-state index contributed by atoms with van der Waals surface area (Å²) in [5.41, 5.74) is -0.654. The molecule has 1 heterocycles. The van der Waals surface area contributed by atoms with E-state index in [1.165, 1.54) is 23.1 Å². The van der Waals surface area contributed by atoms with Crippen molar-refractivity contribution in [3.63, 3.8) is 0 Å². The number of nitrogens with one attached hydrogen (secondary N) is 1. The van der Waals surface area contributed by atoms with Crippen LogP contribution in [0.5, 0.6) is 5.75 Å². The predicted molar refractivity (Wildman–Crippen MR) is 110 cm³/mol. The molecule has 0 aliphatic carbocycles. The molecule has 9 heteroatoms. The number of carbonyl (C=O) groups is 2. The fourth-order valence-corrected chi connectivity index (χ4v) is 3.49. The molecule has 1 N–H and O–H groups in total. The molecule has 0 bridgehead atoms. The van der Waals surface area contributed by atoms with Crippen molar-refractivity contribution in [1.82, 2.24) is 9.80 Å². The van der Waals surface area contributed by atoms with Crippen molar-refractivity contribution < 1.29 is 27.5 Å². The van der Waals surface area contributed by atoms with Crippen LogP contribution in [0, 0.1) is 0 Å². The fourth-order valence-electron chi connectivity index (χ4n) is 3.49. The minimum atomic E-state index is -4.60. The second-order valence-electron chi connectivity index (χ2n) is 7.27. The van der Waals surface area contributed by atoms with Gasteiger partial charge in [0.25, 0.3) is 5.91 Å². The van der Waals surface area contributed by atoms with E-state index in [0.29, 0.717) is 24.5 Å². The van der Waals surface area contributed by atoms with E-state index >= 15 is 0 Å². The molecule has 0 spiro atoms. The van der Waals surface area contributed by atoms with Gasteiger partial charge < -0.3 is 15.0 Å². The Bertz CT molecular complexity index is 924. The molecule has 1 atom stereocenters. The Morgan fingerprint density at radius 1 is 1.00 bits per heavy atom. The lowest BCUT2D eigenvalue weighted by Gasteiger charge is -2.37. The van der Waals surface area contributed by atoms with Crippen LogP contribution in [0.25, 0.3) is 0 Å². The average Bonchev–Trinajstić information content (AvgIpc) is 2.78. The van der Waals surface area contributed by atoms with Crippen molar-refractivity contribution in [2.45, 2.75) is 19.1 Å². The summed E-state index contributed by atoms with van der Waals surface area (Å²) in [5.74, 6) is -0.172. The van der Waals surface area contributed by atoms with Gasteiger partial charge in [-0.25, -0.2) is 0 Å². The zero-order valence-electron chi connectivity index (χ0n) is 17.3. The number of ether oxygens (including phenoxy) is 1. The molecule has 1 saturated heterocycles.